The molecule has 1 rings (SSSR count). The fourth-order valence-electron chi connectivity index (χ4n) is 2.24. The molecule has 1 aromatic rings. The smallest absolute Gasteiger partial charge is 0.408 e. The lowest BCUT2D eigenvalue weighted by Crippen LogP contribution is -2.51. The van der Waals surface area contributed by atoms with Gasteiger partial charge in [-0.05, 0) is 44.4 Å². The molecule has 1 atom stereocenters. The Morgan fingerprint density at radius 1 is 1.19 bits per heavy atom. The lowest BCUT2D eigenvalue weighted by Gasteiger charge is -2.31. The number of carbonyl (C=O) groups excluding carboxylic acids is 2. The van der Waals surface area contributed by atoms with Gasteiger partial charge in [-0.2, -0.15) is 0 Å². The molecule has 0 saturated heterocycles. The number of nitrogens with one attached hydrogen (secondary N) is 1. The van der Waals surface area contributed by atoms with Crippen LogP contribution in [0.25, 0.3) is 0 Å². The highest BCUT2D eigenvalue weighted by molar-refractivity contribution is 5.99. The number of Topliss-reactive ketones (excluding diaryl/α,β-unsaturated/α-hetero) is 1. The predicted molar refractivity (Wildman–Crippen MR) is 99.6 cm³/mol. The zero-order valence-corrected chi connectivity index (χ0v) is 16.5. The van der Waals surface area contributed by atoms with Crippen LogP contribution in [0.5, 0.6) is 0 Å². The number of benzene rings is 1. The summed E-state index contributed by atoms with van der Waals surface area (Å²) in [4.78, 5) is 28.5. The second-order valence-electron chi connectivity index (χ2n) is 8.24. The Morgan fingerprint density at radius 3 is 2.30 bits per heavy atom. The zero-order valence-electron chi connectivity index (χ0n) is 16.5. The minimum Gasteiger partial charge on any atom is -0.444 e. The van der Waals surface area contributed by atoms with Crippen molar-refractivity contribution in [2.45, 2.75) is 53.2 Å². The van der Waals surface area contributed by atoms with Crippen molar-refractivity contribution in [2.75, 3.05) is 6.54 Å². The number of nitrogens with two attached hydrogens (primary N) is 1. The Labute approximate surface area is 158 Å². The average molecular weight is 383 g/mol. The first-order valence-corrected chi connectivity index (χ1v) is 8.48. The maximum Gasteiger partial charge on any atom is 0.408 e. The molecule has 0 aromatic heterocycles. The molecule has 0 spiro atoms. The number of aliphatic imine (C=N–C) groups is 1. The van der Waals surface area contributed by atoms with Crippen molar-refractivity contribution in [1.82, 2.24) is 5.32 Å². The van der Waals surface area contributed by atoms with Gasteiger partial charge in [0.2, 0.25) is 0 Å². The summed E-state index contributed by atoms with van der Waals surface area (Å²) in [6.07, 6.45) is -0.732. The van der Waals surface area contributed by atoms with Crippen LogP contribution in [0.4, 0.5) is 13.6 Å². The molecule has 0 radical (unpaired) electrons. The number of halogens is 2. The Hall–Kier alpha value is -2.51. The molecule has 6 nitrogen and oxygen atoms in total. The summed E-state index contributed by atoms with van der Waals surface area (Å²) in [6.45, 7) is 10.0. The molecule has 1 aromatic carbocycles. The topological polar surface area (TPSA) is 93.8 Å². The van der Waals surface area contributed by atoms with Gasteiger partial charge in [0.25, 0.3) is 0 Å². The third kappa shape index (κ3) is 7.32. The van der Waals surface area contributed by atoms with Crippen LogP contribution in [0.3, 0.4) is 0 Å². The maximum absolute atomic E-state index is 13.7. The number of alkyl carbamates (subject to hydrolysis) is 1. The van der Waals surface area contributed by atoms with E-state index in [0.717, 1.165) is 18.2 Å². The van der Waals surface area contributed by atoms with E-state index >= 15 is 0 Å². The van der Waals surface area contributed by atoms with Crippen molar-refractivity contribution < 1.29 is 23.1 Å². The number of ketones is 1. The van der Waals surface area contributed by atoms with E-state index in [1.807, 2.05) is 0 Å². The average Bonchev–Trinajstić information content (AvgIpc) is 2.49. The molecule has 0 bridgehead atoms. The summed E-state index contributed by atoms with van der Waals surface area (Å²) in [5.41, 5.74) is 4.12. The van der Waals surface area contributed by atoms with E-state index in [-0.39, 0.29) is 11.4 Å². The number of hydrogen-bond acceptors (Lipinski definition) is 4. The van der Waals surface area contributed by atoms with Crippen LogP contribution in [0.2, 0.25) is 0 Å². The van der Waals surface area contributed by atoms with Crippen molar-refractivity contribution in [3.63, 3.8) is 0 Å². The Bertz CT molecular complexity index is 735. The lowest BCUT2D eigenvalue weighted by atomic mass is 9.84. The minimum absolute atomic E-state index is 0.227. The highest BCUT2D eigenvalue weighted by Crippen LogP contribution is 2.21. The van der Waals surface area contributed by atoms with Gasteiger partial charge in [0.05, 0.1) is 11.6 Å². The van der Waals surface area contributed by atoms with Gasteiger partial charge >= 0.3 is 6.09 Å². The van der Waals surface area contributed by atoms with Crippen LogP contribution < -0.4 is 11.1 Å². The van der Waals surface area contributed by atoms with E-state index in [0.29, 0.717) is 0 Å². The van der Waals surface area contributed by atoms with E-state index in [4.69, 9.17) is 10.5 Å². The van der Waals surface area contributed by atoms with Crippen molar-refractivity contribution in [3.8, 4) is 0 Å². The van der Waals surface area contributed by atoms with E-state index in [1.165, 1.54) is 0 Å². The Morgan fingerprint density at radius 2 is 1.78 bits per heavy atom. The number of ether oxygens (including phenoxy) is 1. The van der Waals surface area contributed by atoms with Gasteiger partial charge in [-0.15, -0.1) is 0 Å². The first-order chi connectivity index (χ1) is 12.2. The summed E-state index contributed by atoms with van der Waals surface area (Å²) in [6, 6.07) is 1.88. The lowest BCUT2D eigenvalue weighted by molar-refractivity contribution is -0.122. The number of rotatable bonds is 5. The summed E-state index contributed by atoms with van der Waals surface area (Å²) < 4.78 is 32.2. The van der Waals surface area contributed by atoms with Crippen LogP contribution in [-0.2, 0) is 9.53 Å². The normalized spacial score (nSPS) is 13.9. The summed E-state index contributed by atoms with van der Waals surface area (Å²) in [7, 11) is 0. The molecule has 3 N–H and O–H groups in total. The van der Waals surface area contributed by atoms with Crippen LogP contribution >= 0.6 is 0 Å². The largest absolute Gasteiger partial charge is 0.444 e. The van der Waals surface area contributed by atoms with Crippen LogP contribution in [0, 0.1) is 17.0 Å². The fraction of sp³-hybridized carbons (Fsp3) is 0.526. The number of nitrogens with zero attached hydrogens (tertiary/aromatic N) is 1. The molecular formula is C19H27F2N3O3. The number of hydrogen-bond donors (Lipinski definition) is 2. The van der Waals surface area contributed by atoms with Gasteiger partial charge < -0.3 is 15.8 Å². The quantitative estimate of drug-likeness (QED) is 0.603. The summed E-state index contributed by atoms with van der Waals surface area (Å²) in [5.74, 6) is -2.15. The van der Waals surface area contributed by atoms with Gasteiger partial charge in [-0.3, -0.25) is 9.79 Å². The van der Waals surface area contributed by atoms with Gasteiger partial charge in [0.15, 0.2) is 5.78 Å². The zero-order chi connectivity index (χ0) is 21.0. The van der Waals surface area contributed by atoms with Gasteiger partial charge in [-0.1, -0.05) is 20.8 Å². The fourth-order valence-corrected chi connectivity index (χ4v) is 2.24. The van der Waals surface area contributed by atoms with Crippen LogP contribution in [0.1, 0.15) is 47.1 Å². The molecular weight excluding hydrogens is 356 g/mol. The highest BCUT2D eigenvalue weighted by Gasteiger charge is 2.33. The van der Waals surface area contributed by atoms with E-state index < -0.39 is 47.1 Å². The molecule has 27 heavy (non-hydrogen) atoms. The number of amidine groups is 1. The molecule has 0 aliphatic rings. The predicted octanol–water partition coefficient (Wildman–Crippen LogP) is 3.18. The van der Waals surface area contributed by atoms with Crippen molar-refractivity contribution in [2.24, 2.45) is 16.1 Å². The van der Waals surface area contributed by atoms with E-state index in [9.17, 15) is 18.4 Å². The minimum atomic E-state index is -0.902. The van der Waals surface area contributed by atoms with E-state index in [2.05, 4.69) is 10.3 Å². The van der Waals surface area contributed by atoms with Crippen molar-refractivity contribution in [1.29, 1.82) is 0 Å². The van der Waals surface area contributed by atoms with Gasteiger partial charge in [0.1, 0.15) is 29.6 Å². The van der Waals surface area contributed by atoms with Crippen LogP contribution in [-0.4, -0.2) is 35.9 Å². The standard InChI is InChI=1S/C19H27F2N3O3/c1-18(2,3)15(24-17(26)27-19(4,5)6)14(25)10-23-16(22)12-9-11(20)7-8-13(12)21/h7-9,15H,10H2,1-6H3,(H2,22,23)(H,24,26)/t15-/m0/s1. The Kier molecular flexibility index (Phi) is 7.05. The molecule has 0 heterocycles. The molecule has 1 amide bonds. The Balaban J connectivity index is 2.94. The SMILES string of the molecule is CC(C)(C)OC(=O)N[C@@H](C(=O)CN=C(N)c1cc(F)ccc1F)C(C)(C)C. The maximum atomic E-state index is 13.7. The van der Waals surface area contributed by atoms with Crippen LogP contribution in [0.15, 0.2) is 23.2 Å². The molecule has 8 heteroatoms. The number of carbonyl (C=O) groups is 2. The van der Waals surface area contributed by atoms with Crippen molar-refractivity contribution in [3.05, 3.63) is 35.4 Å². The second kappa shape index (κ2) is 8.45. The molecule has 0 aliphatic heterocycles. The van der Waals surface area contributed by atoms with Gasteiger partial charge in [-0.25, -0.2) is 13.6 Å². The molecule has 0 aliphatic carbocycles. The third-order valence-corrected chi connectivity index (χ3v) is 3.46. The second-order valence-corrected chi connectivity index (χ2v) is 8.24. The third-order valence-electron chi connectivity index (χ3n) is 3.46. The van der Waals surface area contributed by atoms with E-state index in [1.54, 1.807) is 41.5 Å². The summed E-state index contributed by atoms with van der Waals surface area (Å²) >= 11 is 0. The van der Waals surface area contributed by atoms with Crippen molar-refractivity contribution >= 4 is 17.7 Å². The number of amides is 1. The molecule has 0 fully saturated rings. The van der Waals surface area contributed by atoms with Gasteiger partial charge in [0, 0.05) is 0 Å². The molecule has 0 unspecified atom stereocenters. The molecule has 0 saturated carbocycles. The molecule has 150 valence electrons. The summed E-state index contributed by atoms with van der Waals surface area (Å²) in [5, 5.41) is 2.54. The monoisotopic (exact) mass is 383 g/mol. The first kappa shape index (κ1) is 22.5. The highest BCUT2D eigenvalue weighted by atomic mass is 19.1. The first-order valence-electron chi connectivity index (χ1n) is 8.48.